The van der Waals surface area contributed by atoms with Gasteiger partial charge in [0, 0.05) is 26.1 Å². The summed E-state index contributed by atoms with van der Waals surface area (Å²) in [7, 11) is 1.53. The molecule has 1 atom stereocenters. The maximum atomic E-state index is 12.7. The molecule has 0 fully saturated rings. The molecule has 0 N–H and O–H groups in total. The Kier molecular flexibility index (Phi) is 5.18. The Bertz CT molecular complexity index is 801. The molecule has 2 heterocycles. The van der Waals surface area contributed by atoms with Crippen LogP contribution in [0.5, 0.6) is 5.75 Å². The van der Waals surface area contributed by atoms with Crippen molar-refractivity contribution >= 4 is 23.2 Å². The largest absolute Gasteiger partial charge is 0.464 e. The Balaban J connectivity index is 2.06. The van der Waals surface area contributed by atoms with Crippen LogP contribution >= 0.6 is 23.2 Å². The molecule has 1 aliphatic rings. The molecule has 6 nitrogen and oxygen atoms in total. The normalized spacial score (nSPS) is 15.7. The summed E-state index contributed by atoms with van der Waals surface area (Å²) in [5, 5.41) is 5.15. The third-order valence-corrected chi connectivity index (χ3v) is 4.67. The quantitative estimate of drug-likeness (QED) is 0.772. The molecule has 0 spiro atoms. The van der Waals surface area contributed by atoms with E-state index >= 15 is 0 Å². The lowest BCUT2D eigenvalue weighted by Gasteiger charge is -2.15. The monoisotopic (exact) mass is 371 g/mol. The minimum absolute atomic E-state index is 0.193. The van der Waals surface area contributed by atoms with E-state index in [0.717, 1.165) is 31.5 Å². The van der Waals surface area contributed by atoms with E-state index in [1.807, 2.05) is 0 Å². The highest BCUT2D eigenvalue weighted by molar-refractivity contribution is 6.36. The highest BCUT2D eigenvalue weighted by Gasteiger charge is 2.20. The number of benzene rings is 1. The van der Waals surface area contributed by atoms with Crippen molar-refractivity contribution in [2.45, 2.75) is 45.4 Å². The molecule has 0 bridgehead atoms. The third kappa shape index (κ3) is 3.31. The average molecular weight is 372 g/mol. The fourth-order valence-electron chi connectivity index (χ4n) is 2.73. The van der Waals surface area contributed by atoms with Gasteiger partial charge in [-0.2, -0.15) is 4.68 Å². The van der Waals surface area contributed by atoms with Crippen LogP contribution in [0, 0.1) is 0 Å². The standard InChI is InChI=1S/C16H19Cl2N3O3/c1-10(23-2)24-14-9-13(11(17)8-12(14)18)21-16(22)20-7-5-3-4-6-15(20)19-21/h8-10H,3-7H2,1-2H3. The van der Waals surface area contributed by atoms with Crippen molar-refractivity contribution in [3.8, 4) is 11.4 Å². The number of fused-ring (bicyclic) bond motifs is 1. The fraction of sp³-hybridized carbons (Fsp3) is 0.500. The van der Waals surface area contributed by atoms with E-state index in [9.17, 15) is 4.79 Å². The van der Waals surface area contributed by atoms with Gasteiger partial charge in [0.25, 0.3) is 0 Å². The van der Waals surface area contributed by atoms with Gasteiger partial charge in [-0.05, 0) is 25.8 Å². The molecule has 1 aromatic heterocycles. The number of hydrogen-bond donors (Lipinski definition) is 0. The van der Waals surface area contributed by atoms with Crippen molar-refractivity contribution in [1.82, 2.24) is 14.3 Å². The Morgan fingerprint density at radius 1 is 1.21 bits per heavy atom. The first kappa shape index (κ1) is 17.3. The van der Waals surface area contributed by atoms with Crippen LogP contribution in [0.25, 0.3) is 5.69 Å². The number of ether oxygens (including phenoxy) is 2. The van der Waals surface area contributed by atoms with Crippen LogP contribution in [0.15, 0.2) is 16.9 Å². The van der Waals surface area contributed by atoms with Crippen LogP contribution in [0.3, 0.4) is 0 Å². The number of halogens is 2. The lowest BCUT2D eigenvalue weighted by molar-refractivity contribution is -0.0382. The molecular formula is C16H19Cl2N3O3. The number of aromatic nitrogens is 3. The van der Waals surface area contributed by atoms with Crippen molar-refractivity contribution in [3.05, 3.63) is 38.5 Å². The summed E-state index contributed by atoms with van der Waals surface area (Å²) >= 11 is 12.5. The number of methoxy groups -OCH3 is 1. The minimum Gasteiger partial charge on any atom is -0.464 e. The summed E-state index contributed by atoms with van der Waals surface area (Å²) in [5.41, 5.74) is 0.256. The maximum absolute atomic E-state index is 12.7. The molecule has 3 rings (SSSR count). The molecule has 0 radical (unpaired) electrons. The van der Waals surface area contributed by atoms with Crippen molar-refractivity contribution in [2.24, 2.45) is 0 Å². The topological polar surface area (TPSA) is 58.3 Å². The molecule has 0 aliphatic carbocycles. The zero-order valence-electron chi connectivity index (χ0n) is 13.6. The molecule has 1 aliphatic heterocycles. The van der Waals surface area contributed by atoms with Gasteiger partial charge >= 0.3 is 5.69 Å². The predicted octanol–water partition coefficient (Wildman–Crippen LogP) is 3.44. The Hall–Kier alpha value is -1.50. The number of nitrogens with zero attached hydrogens (tertiary/aromatic N) is 3. The van der Waals surface area contributed by atoms with Crippen molar-refractivity contribution in [2.75, 3.05) is 7.11 Å². The van der Waals surface area contributed by atoms with Gasteiger partial charge in [-0.3, -0.25) is 4.57 Å². The minimum atomic E-state index is -0.480. The number of aryl methyl sites for hydroxylation is 1. The van der Waals surface area contributed by atoms with Crippen molar-refractivity contribution < 1.29 is 9.47 Å². The first-order chi connectivity index (χ1) is 11.5. The summed E-state index contributed by atoms with van der Waals surface area (Å²) in [6, 6.07) is 3.17. The summed E-state index contributed by atoms with van der Waals surface area (Å²) < 4.78 is 13.7. The Labute approximate surface area is 149 Å². The second kappa shape index (κ2) is 7.17. The molecular weight excluding hydrogens is 353 g/mol. The highest BCUT2D eigenvalue weighted by atomic mass is 35.5. The van der Waals surface area contributed by atoms with Gasteiger partial charge in [-0.15, -0.1) is 5.10 Å². The predicted molar refractivity (Wildman–Crippen MR) is 92.5 cm³/mol. The van der Waals surface area contributed by atoms with Crippen LogP contribution in [0.2, 0.25) is 10.0 Å². The van der Waals surface area contributed by atoms with Gasteiger partial charge < -0.3 is 9.47 Å². The molecule has 2 aromatic rings. The van der Waals surface area contributed by atoms with Gasteiger partial charge in [0.2, 0.25) is 0 Å². The first-order valence-corrected chi connectivity index (χ1v) is 8.64. The molecule has 8 heteroatoms. The van der Waals surface area contributed by atoms with Crippen LogP contribution in [0.4, 0.5) is 0 Å². The molecule has 1 aromatic carbocycles. The fourth-order valence-corrected chi connectivity index (χ4v) is 3.24. The van der Waals surface area contributed by atoms with E-state index in [1.54, 1.807) is 23.6 Å². The molecule has 0 saturated heterocycles. The van der Waals surface area contributed by atoms with E-state index < -0.39 is 6.29 Å². The van der Waals surface area contributed by atoms with Crippen LogP contribution in [-0.2, 0) is 17.7 Å². The van der Waals surface area contributed by atoms with Gasteiger partial charge in [-0.1, -0.05) is 29.6 Å². The van der Waals surface area contributed by atoms with Crippen LogP contribution < -0.4 is 10.4 Å². The lowest BCUT2D eigenvalue weighted by atomic mass is 10.2. The van der Waals surface area contributed by atoms with Gasteiger partial charge in [-0.25, -0.2) is 4.79 Å². The lowest BCUT2D eigenvalue weighted by Crippen LogP contribution is -2.24. The zero-order valence-corrected chi connectivity index (χ0v) is 15.1. The second-order valence-corrected chi connectivity index (χ2v) is 6.54. The molecule has 24 heavy (non-hydrogen) atoms. The van der Waals surface area contributed by atoms with Gasteiger partial charge in [0.1, 0.15) is 11.6 Å². The molecule has 1 unspecified atom stereocenters. The first-order valence-electron chi connectivity index (χ1n) is 7.89. The summed E-state index contributed by atoms with van der Waals surface area (Å²) in [5.74, 6) is 1.18. The number of rotatable bonds is 4. The number of hydrogen-bond acceptors (Lipinski definition) is 4. The third-order valence-electron chi connectivity index (χ3n) is 4.08. The van der Waals surface area contributed by atoms with E-state index in [-0.39, 0.29) is 5.69 Å². The summed E-state index contributed by atoms with van der Waals surface area (Å²) in [6.45, 7) is 2.43. The Morgan fingerprint density at radius 3 is 2.75 bits per heavy atom. The average Bonchev–Trinajstić information content (AvgIpc) is 2.74. The summed E-state index contributed by atoms with van der Waals surface area (Å²) in [4.78, 5) is 12.7. The van der Waals surface area contributed by atoms with Crippen LogP contribution in [0.1, 0.15) is 32.0 Å². The smallest absolute Gasteiger partial charge is 0.350 e. The molecule has 130 valence electrons. The highest BCUT2D eigenvalue weighted by Crippen LogP contribution is 2.33. The molecule has 0 saturated carbocycles. The van der Waals surface area contributed by atoms with E-state index in [2.05, 4.69) is 5.10 Å². The van der Waals surface area contributed by atoms with E-state index in [1.165, 1.54) is 11.8 Å². The summed E-state index contributed by atoms with van der Waals surface area (Å²) in [6.07, 6.45) is 3.43. The van der Waals surface area contributed by atoms with E-state index in [4.69, 9.17) is 32.7 Å². The van der Waals surface area contributed by atoms with E-state index in [0.29, 0.717) is 28.0 Å². The SMILES string of the molecule is COC(C)Oc1cc(-n2nc3n(c2=O)CCCCC3)c(Cl)cc1Cl. The van der Waals surface area contributed by atoms with Gasteiger partial charge in [0.15, 0.2) is 6.29 Å². The zero-order chi connectivity index (χ0) is 17.3. The van der Waals surface area contributed by atoms with Crippen molar-refractivity contribution in [3.63, 3.8) is 0 Å². The Morgan fingerprint density at radius 2 is 2.00 bits per heavy atom. The second-order valence-electron chi connectivity index (χ2n) is 5.73. The molecule has 0 amide bonds. The van der Waals surface area contributed by atoms with Crippen molar-refractivity contribution in [1.29, 1.82) is 0 Å². The maximum Gasteiger partial charge on any atom is 0.350 e. The van der Waals surface area contributed by atoms with Gasteiger partial charge in [0.05, 0.1) is 15.7 Å². The van der Waals surface area contributed by atoms with Crippen LogP contribution in [-0.4, -0.2) is 27.7 Å².